The molecule has 0 saturated carbocycles. The van der Waals surface area contributed by atoms with Crippen LogP contribution in [0.4, 0.5) is 20.8 Å². The lowest BCUT2D eigenvalue weighted by Gasteiger charge is -2.12. The summed E-state index contributed by atoms with van der Waals surface area (Å²) in [5.41, 5.74) is 0.902. The van der Waals surface area contributed by atoms with Crippen molar-refractivity contribution < 1.29 is 18.7 Å². The molecular formula is C23H27ClFN5O4. The third kappa shape index (κ3) is 6.74. The summed E-state index contributed by atoms with van der Waals surface area (Å²) >= 11 is 5.97. The molecule has 0 bridgehead atoms. The van der Waals surface area contributed by atoms with Gasteiger partial charge in [-0.3, -0.25) is 4.57 Å². The summed E-state index contributed by atoms with van der Waals surface area (Å²) in [7, 11) is 1.28. The molecule has 0 spiro atoms. The standard InChI is InChI=1S/C23H27ClFN5O4/c1-15(2)34-20-10-9-18(13-19(20)25)27-21-28-30(12-4-11-26-22(31)33-3)23(32)29(21)14-16-5-7-17(24)8-6-16/h5-10,13,15H,4,11-12,14H2,1-3H3,(H,26,31)(H,27,28). The highest BCUT2D eigenvalue weighted by Gasteiger charge is 2.15. The maximum atomic E-state index is 14.5. The molecule has 3 aromatic rings. The predicted octanol–water partition coefficient (Wildman–Crippen LogP) is 4.16. The molecule has 0 saturated heterocycles. The molecular weight excluding hydrogens is 465 g/mol. The minimum absolute atomic E-state index is 0.141. The van der Waals surface area contributed by atoms with E-state index in [0.29, 0.717) is 23.7 Å². The summed E-state index contributed by atoms with van der Waals surface area (Å²) in [6, 6.07) is 11.6. The highest BCUT2D eigenvalue weighted by Crippen LogP contribution is 2.24. The van der Waals surface area contributed by atoms with E-state index in [-0.39, 0.29) is 36.6 Å². The smallest absolute Gasteiger partial charge is 0.406 e. The van der Waals surface area contributed by atoms with E-state index in [1.165, 1.54) is 28.5 Å². The molecule has 0 aliphatic heterocycles. The maximum Gasteiger partial charge on any atom is 0.406 e. The van der Waals surface area contributed by atoms with Crippen molar-refractivity contribution in [1.29, 1.82) is 0 Å². The fourth-order valence-corrected chi connectivity index (χ4v) is 3.27. The summed E-state index contributed by atoms with van der Waals surface area (Å²) in [5, 5.41) is 10.6. The van der Waals surface area contributed by atoms with Crippen molar-refractivity contribution in [3.05, 3.63) is 69.4 Å². The Morgan fingerprint density at radius 2 is 1.94 bits per heavy atom. The second kappa shape index (κ2) is 11.6. The van der Waals surface area contributed by atoms with Gasteiger partial charge in [0.05, 0.1) is 19.8 Å². The Balaban J connectivity index is 1.84. The van der Waals surface area contributed by atoms with Crippen molar-refractivity contribution in [3.8, 4) is 5.75 Å². The van der Waals surface area contributed by atoms with Gasteiger partial charge >= 0.3 is 11.8 Å². The first kappa shape index (κ1) is 25.1. The van der Waals surface area contributed by atoms with Crippen LogP contribution in [0.3, 0.4) is 0 Å². The minimum Gasteiger partial charge on any atom is -0.488 e. The molecule has 11 heteroatoms. The summed E-state index contributed by atoms with van der Waals surface area (Å²) in [6.45, 7) is 4.44. The quantitative estimate of drug-likeness (QED) is 0.413. The number of hydrogen-bond donors (Lipinski definition) is 2. The van der Waals surface area contributed by atoms with Crippen LogP contribution in [0.5, 0.6) is 5.75 Å². The van der Waals surface area contributed by atoms with E-state index in [4.69, 9.17) is 16.3 Å². The molecule has 0 unspecified atom stereocenters. The molecule has 0 fully saturated rings. The van der Waals surface area contributed by atoms with Crippen LogP contribution >= 0.6 is 11.6 Å². The normalized spacial score (nSPS) is 10.9. The predicted molar refractivity (Wildman–Crippen MR) is 128 cm³/mol. The zero-order valence-electron chi connectivity index (χ0n) is 19.2. The lowest BCUT2D eigenvalue weighted by Crippen LogP contribution is -2.28. The van der Waals surface area contributed by atoms with Crippen LogP contribution in [-0.2, 0) is 17.8 Å². The number of alkyl carbamates (subject to hydrolysis) is 1. The van der Waals surface area contributed by atoms with Gasteiger partial charge in [0, 0.05) is 29.9 Å². The van der Waals surface area contributed by atoms with Gasteiger partial charge < -0.3 is 20.1 Å². The van der Waals surface area contributed by atoms with E-state index in [0.717, 1.165) is 5.56 Å². The van der Waals surface area contributed by atoms with Crippen LogP contribution in [0.1, 0.15) is 25.8 Å². The van der Waals surface area contributed by atoms with Crippen molar-refractivity contribution in [2.45, 2.75) is 39.5 Å². The van der Waals surface area contributed by atoms with Crippen LogP contribution in [0, 0.1) is 5.82 Å². The summed E-state index contributed by atoms with van der Waals surface area (Å²) in [4.78, 5) is 24.3. The van der Waals surface area contributed by atoms with E-state index in [9.17, 15) is 14.0 Å². The number of halogens is 2. The Kier molecular flexibility index (Phi) is 8.53. The molecule has 0 aliphatic carbocycles. The third-order valence-corrected chi connectivity index (χ3v) is 4.98. The van der Waals surface area contributed by atoms with E-state index in [1.807, 2.05) is 26.0 Å². The second-order valence-electron chi connectivity index (χ2n) is 7.75. The highest BCUT2D eigenvalue weighted by atomic mass is 35.5. The van der Waals surface area contributed by atoms with Crippen LogP contribution in [-0.4, -0.2) is 40.2 Å². The van der Waals surface area contributed by atoms with E-state index in [1.54, 1.807) is 18.2 Å². The second-order valence-corrected chi connectivity index (χ2v) is 8.19. The summed E-state index contributed by atoms with van der Waals surface area (Å²) in [5.74, 6) is -0.140. The molecule has 34 heavy (non-hydrogen) atoms. The average molecular weight is 492 g/mol. The number of methoxy groups -OCH3 is 1. The van der Waals surface area contributed by atoms with E-state index >= 15 is 0 Å². The molecule has 0 aliphatic rings. The molecule has 1 heterocycles. The number of ether oxygens (including phenoxy) is 2. The molecule has 182 valence electrons. The highest BCUT2D eigenvalue weighted by molar-refractivity contribution is 6.30. The number of anilines is 2. The van der Waals surface area contributed by atoms with Crippen LogP contribution in [0.15, 0.2) is 47.3 Å². The Hall–Kier alpha value is -3.53. The van der Waals surface area contributed by atoms with Gasteiger partial charge in [-0.1, -0.05) is 23.7 Å². The topological polar surface area (TPSA) is 99.4 Å². The van der Waals surface area contributed by atoms with Crippen LogP contribution < -0.4 is 21.1 Å². The number of carbonyl (C=O) groups is 1. The third-order valence-electron chi connectivity index (χ3n) is 4.73. The first-order chi connectivity index (χ1) is 16.3. The monoisotopic (exact) mass is 491 g/mol. The lowest BCUT2D eigenvalue weighted by molar-refractivity contribution is 0.170. The first-order valence-corrected chi connectivity index (χ1v) is 11.1. The average Bonchev–Trinajstić information content (AvgIpc) is 3.08. The van der Waals surface area contributed by atoms with Gasteiger partial charge in [0.2, 0.25) is 5.95 Å². The molecule has 1 aromatic heterocycles. The van der Waals surface area contributed by atoms with E-state index < -0.39 is 11.9 Å². The Morgan fingerprint density at radius 3 is 2.59 bits per heavy atom. The first-order valence-electron chi connectivity index (χ1n) is 10.7. The molecule has 2 N–H and O–H groups in total. The van der Waals surface area contributed by atoms with E-state index in [2.05, 4.69) is 20.5 Å². The minimum atomic E-state index is -0.546. The molecule has 3 rings (SSSR count). The number of aryl methyl sites for hydroxylation is 1. The summed E-state index contributed by atoms with van der Waals surface area (Å²) < 4.78 is 27.2. The van der Waals surface area contributed by atoms with Gasteiger partial charge in [-0.15, -0.1) is 5.10 Å². The van der Waals surface area contributed by atoms with Crippen molar-refractivity contribution in [2.75, 3.05) is 19.0 Å². The number of hydrogen-bond acceptors (Lipinski definition) is 6. The van der Waals surface area contributed by atoms with Crippen molar-refractivity contribution in [3.63, 3.8) is 0 Å². The number of aromatic nitrogens is 3. The van der Waals surface area contributed by atoms with Crippen molar-refractivity contribution >= 4 is 29.3 Å². The fourth-order valence-electron chi connectivity index (χ4n) is 3.14. The molecule has 0 atom stereocenters. The Labute approximate surface area is 201 Å². The SMILES string of the molecule is COC(=O)NCCCn1nc(Nc2ccc(OC(C)C)c(F)c2)n(Cc2ccc(Cl)cc2)c1=O. The Bertz CT molecular complexity index is 1180. The number of nitrogens with one attached hydrogen (secondary N) is 2. The molecule has 1 amide bonds. The molecule has 2 aromatic carbocycles. The zero-order chi connectivity index (χ0) is 24.7. The number of rotatable bonds is 10. The summed E-state index contributed by atoms with van der Waals surface area (Å²) in [6.07, 6.45) is -0.250. The molecule has 0 radical (unpaired) electrons. The lowest BCUT2D eigenvalue weighted by atomic mass is 10.2. The van der Waals surface area contributed by atoms with Gasteiger partial charge in [-0.2, -0.15) is 0 Å². The van der Waals surface area contributed by atoms with Gasteiger partial charge in [-0.25, -0.2) is 18.7 Å². The maximum absolute atomic E-state index is 14.5. The van der Waals surface area contributed by atoms with Gasteiger partial charge in [0.25, 0.3) is 0 Å². The largest absolute Gasteiger partial charge is 0.488 e. The van der Waals surface area contributed by atoms with Gasteiger partial charge in [-0.05, 0) is 50.1 Å². The van der Waals surface area contributed by atoms with Crippen LogP contribution in [0.25, 0.3) is 0 Å². The number of amides is 1. The van der Waals surface area contributed by atoms with Gasteiger partial charge in [0.1, 0.15) is 0 Å². The Morgan fingerprint density at radius 1 is 1.21 bits per heavy atom. The van der Waals surface area contributed by atoms with Crippen molar-refractivity contribution in [1.82, 2.24) is 19.7 Å². The number of nitrogens with zero attached hydrogens (tertiary/aromatic N) is 3. The number of carbonyl (C=O) groups excluding carboxylic acids is 1. The zero-order valence-corrected chi connectivity index (χ0v) is 19.9. The number of benzene rings is 2. The van der Waals surface area contributed by atoms with Crippen molar-refractivity contribution in [2.24, 2.45) is 0 Å². The van der Waals surface area contributed by atoms with Gasteiger partial charge in [0.15, 0.2) is 11.6 Å². The fraction of sp³-hybridized carbons (Fsp3) is 0.348. The molecule has 9 nitrogen and oxygen atoms in total. The van der Waals surface area contributed by atoms with Crippen LogP contribution in [0.2, 0.25) is 5.02 Å².